The molecule has 1 aromatic heterocycles. The maximum atomic E-state index is 12.6. The Morgan fingerprint density at radius 3 is 2.83 bits per heavy atom. The third kappa shape index (κ3) is 3.28. The number of carbonyl (C=O) groups excluding carboxylic acids is 2. The van der Waals surface area contributed by atoms with Gasteiger partial charge in [0.2, 0.25) is 5.91 Å². The molecule has 1 saturated heterocycles. The summed E-state index contributed by atoms with van der Waals surface area (Å²) in [5, 5.41) is 6.68. The lowest BCUT2D eigenvalue weighted by Gasteiger charge is -2.23. The Kier molecular flexibility index (Phi) is 4.73. The molecule has 2 heterocycles. The number of thiophene rings is 1. The molecule has 3 rings (SSSR count). The molecule has 1 aromatic carbocycles. The summed E-state index contributed by atoms with van der Waals surface area (Å²) >= 11 is 3.10. The molecule has 0 radical (unpaired) electrons. The molecule has 1 fully saturated rings. The Labute approximate surface area is 143 Å². The van der Waals surface area contributed by atoms with E-state index < -0.39 is 6.04 Å². The van der Waals surface area contributed by atoms with Crippen LogP contribution < -0.4 is 5.32 Å². The Morgan fingerprint density at radius 2 is 2.09 bits per heavy atom. The van der Waals surface area contributed by atoms with Gasteiger partial charge < -0.3 is 10.2 Å². The number of hydrogen-bond acceptors (Lipinski definition) is 4. The number of benzene rings is 1. The van der Waals surface area contributed by atoms with E-state index >= 15 is 0 Å². The number of rotatable bonds is 3. The van der Waals surface area contributed by atoms with Gasteiger partial charge in [0.15, 0.2) is 0 Å². The van der Waals surface area contributed by atoms with Gasteiger partial charge in [-0.15, -0.1) is 11.8 Å². The van der Waals surface area contributed by atoms with E-state index in [-0.39, 0.29) is 11.8 Å². The van der Waals surface area contributed by atoms with Crippen molar-refractivity contribution in [3.05, 3.63) is 51.7 Å². The highest BCUT2D eigenvalue weighted by molar-refractivity contribution is 7.99. The minimum Gasteiger partial charge on any atom is -0.324 e. The summed E-state index contributed by atoms with van der Waals surface area (Å²) in [5.41, 5.74) is 3.66. The summed E-state index contributed by atoms with van der Waals surface area (Å²) in [7, 11) is 0. The van der Waals surface area contributed by atoms with Crippen LogP contribution in [-0.4, -0.2) is 34.4 Å². The lowest BCUT2D eigenvalue weighted by Crippen LogP contribution is -2.44. The van der Waals surface area contributed by atoms with Gasteiger partial charge in [0.25, 0.3) is 5.91 Å². The van der Waals surface area contributed by atoms with Crippen LogP contribution in [0, 0.1) is 13.8 Å². The van der Waals surface area contributed by atoms with Crippen molar-refractivity contribution in [1.29, 1.82) is 0 Å². The number of hydrogen-bond donors (Lipinski definition) is 1. The van der Waals surface area contributed by atoms with Crippen molar-refractivity contribution >= 4 is 40.6 Å². The van der Waals surface area contributed by atoms with Gasteiger partial charge in [-0.3, -0.25) is 9.59 Å². The molecule has 1 atom stereocenters. The minimum absolute atomic E-state index is 0.0719. The Hall–Kier alpha value is -1.79. The first-order chi connectivity index (χ1) is 11.1. The van der Waals surface area contributed by atoms with Gasteiger partial charge >= 0.3 is 0 Å². The fourth-order valence-corrected chi connectivity index (χ4v) is 4.30. The van der Waals surface area contributed by atoms with Crippen LogP contribution in [0.4, 0.5) is 5.69 Å². The molecule has 1 aliphatic heterocycles. The van der Waals surface area contributed by atoms with Gasteiger partial charge in [0.05, 0.1) is 11.4 Å². The van der Waals surface area contributed by atoms with E-state index in [1.54, 1.807) is 22.7 Å². The van der Waals surface area contributed by atoms with Gasteiger partial charge in [-0.2, -0.15) is 11.3 Å². The number of carbonyl (C=O) groups is 2. The van der Waals surface area contributed by atoms with Crippen molar-refractivity contribution in [1.82, 2.24) is 4.90 Å². The number of amides is 2. The average Bonchev–Trinajstić information content (AvgIpc) is 3.21. The molecule has 120 valence electrons. The summed E-state index contributed by atoms with van der Waals surface area (Å²) in [6.07, 6.45) is 0. The molecular weight excluding hydrogens is 328 g/mol. The molecule has 0 bridgehead atoms. The van der Waals surface area contributed by atoms with Crippen molar-refractivity contribution in [2.75, 3.05) is 16.9 Å². The van der Waals surface area contributed by atoms with Gasteiger partial charge in [-0.25, -0.2) is 0 Å². The average molecular weight is 346 g/mol. The third-order valence-electron chi connectivity index (χ3n) is 4.08. The quantitative estimate of drug-likeness (QED) is 0.925. The SMILES string of the molecule is Cc1cccc(NC(=O)[C@@H]2CSCN2C(=O)c2ccsc2)c1C. The van der Waals surface area contributed by atoms with Gasteiger partial charge in [-0.05, 0) is 42.5 Å². The third-order valence-corrected chi connectivity index (χ3v) is 5.77. The number of nitrogens with zero attached hydrogens (tertiary/aromatic N) is 1. The van der Waals surface area contributed by atoms with Crippen LogP contribution >= 0.6 is 23.1 Å². The van der Waals surface area contributed by atoms with E-state index in [0.29, 0.717) is 17.2 Å². The van der Waals surface area contributed by atoms with Crippen LogP contribution in [0.3, 0.4) is 0 Å². The molecule has 0 saturated carbocycles. The molecule has 2 amide bonds. The molecule has 2 aromatic rings. The monoisotopic (exact) mass is 346 g/mol. The fraction of sp³-hybridized carbons (Fsp3) is 0.294. The van der Waals surface area contributed by atoms with E-state index in [2.05, 4.69) is 5.32 Å². The van der Waals surface area contributed by atoms with E-state index in [4.69, 9.17) is 0 Å². The Morgan fingerprint density at radius 1 is 1.26 bits per heavy atom. The fourth-order valence-electron chi connectivity index (χ4n) is 2.51. The zero-order chi connectivity index (χ0) is 16.4. The van der Waals surface area contributed by atoms with Crippen LogP contribution in [0.1, 0.15) is 21.5 Å². The Bertz CT molecular complexity index is 728. The number of anilines is 1. The molecule has 0 aliphatic carbocycles. The lowest BCUT2D eigenvalue weighted by atomic mass is 10.1. The maximum Gasteiger partial charge on any atom is 0.256 e. The standard InChI is InChI=1S/C17H18N2O2S2/c1-11-4-3-5-14(12(11)2)18-16(20)15-9-23-10-19(15)17(21)13-6-7-22-8-13/h3-8,15H,9-10H2,1-2H3,(H,18,20)/t15-/m0/s1. The van der Waals surface area contributed by atoms with Gasteiger partial charge in [0, 0.05) is 16.8 Å². The number of thioether (sulfide) groups is 1. The number of nitrogens with one attached hydrogen (secondary N) is 1. The van der Waals surface area contributed by atoms with Crippen LogP contribution in [0.2, 0.25) is 0 Å². The first-order valence-electron chi connectivity index (χ1n) is 7.36. The number of aryl methyl sites for hydroxylation is 1. The van der Waals surface area contributed by atoms with Crippen LogP contribution in [-0.2, 0) is 4.79 Å². The molecule has 0 spiro atoms. The van der Waals surface area contributed by atoms with Crippen LogP contribution in [0.15, 0.2) is 35.0 Å². The first-order valence-corrected chi connectivity index (χ1v) is 9.45. The second-order valence-electron chi connectivity index (χ2n) is 5.54. The van der Waals surface area contributed by atoms with E-state index in [1.165, 1.54) is 11.3 Å². The molecule has 6 heteroatoms. The Balaban J connectivity index is 1.76. The summed E-state index contributed by atoms with van der Waals surface area (Å²) in [6, 6.07) is 7.22. The van der Waals surface area contributed by atoms with Crippen molar-refractivity contribution in [3.63, 3.8) is 0 Å². The predicted octanol–water partition coefficient (Wildman–Crippen LogP) is 3.52. The minimum atomic E-state index is -0.424. The van der Waals surface area contributed by atoms with Gasteiger partial charge in [0.1, 0.15) is 6.04 Å². The highest BCUT2D eigenvalue weighted by atomic mass is 32.2. The second kappa shape index (κ2) is 6.76. The molecular formula is C17H18N2O2S2. The first kappa shape index (κ1) is 16.1. The van der Waals surface area contributed by atoms with Gasteiger partial charge in [-0.1, -0.05) is 12.1 Å². The second-order valence-corrected chi connectivity index (χ2v) is 7.32. The zero-order valence-corrected chi connectivity index (χ0v) is 14.7. The lowest BCUT2D eigenvalue weighted by molar-refractivity contribution is -0.119. The normalized spacial score (nSPS) is 17.3. The summed E-state index contributed by atoms with van der Waals surface area (Å²) in [6.45, 7) is 4.01. The van der Waals surface area contributed by atoms with Crippen molar-refractivity contribution in [3.8, 4) is 0 Å². The van der Waals surface area contributed by atoms with Crippen molar-refractivity contribution in [2.24, 2.45) is 0 Å². The topological polar surface area (TPSA) is 49.4 Å². The van der Waals surface area contributed by atoms with Crippen molar-refractivity contribution < 1.29 is 9.59 Å². The molecule has 0 unspecified atom stereocenters. The summed E-state index contributed by atoms with van der Waals surface area (Å²) in [5.74, 6) is 0.997. The van der Waals surface area contributed by atoms with E-state index in [1.807, 2.05) is 42.8 Å². The van der Waals surface area contributed by atoms with Crippen LogP contribution in [0.25, 0.3) is 0 Å². The maximum absolute atomic E-state index is 12.6. The highest BCUT2D eigenvalue weighted by Gasteiger charge is 2.35. The molecule has 1 aliphatic rings. The van der Waals surface area contributed by atoms with Crippen molar-refractivity contribution in [2.45, 2.75) is 19.9 Å². The molecule has 23 heavy (non-hydrogen) atoms. The molecule has 4 nitrogen and oxygen atoms in total. The highest BCUT2D eigenvalue weighted by Crippen LogP contribution is 2.26. The smallest absolute Gasteiger partial charge is 0.256 e. The molecule has 1 N–H and O–H groups in total. The predicted molar refractivity (Wildman–Crippen MR) is 96.1 cm³/mol. The zero-order valence-electron chi connectivity index (χ0n) is 13.0. The van der Waals surface area contributed by atoms with E-state index in [9.17, 15) is 9.59 Å². The summed E-state index contributed by atoms with van der Waals surface area (Å²) < 4.78 is 0. The summed E-state index contributed by atoms with van der Waals surface area (Å²) in [4.78, 5) is 26.8. The largest absolute Gasteiger partial charge is 0.324 e. The van der Waals surface area contributed by atoms with E-state index in [0.717, 1.165) is 16.8 Å². The van der Waals surface area contributed by atoms with Crippen LogP contribution in [0.5, 0.6) is 0 Å².